The largest absolute Gasteiger partial charge is 0.305 e. The van der Waals surface area contributed by atoms with Crippen LogP contribution in [0.4, 0.5) is 0 Å². The van der Waals surface area contributed by atoms with E-state index in [9.17, 15) is 4.79 Å². The van der Waals surface area contributed by atoms with E-state index in [0.717, 1.165) is 18.7 Å². The van der Waals surface area contributed by atoms with Crippen molar-refractivity contribution in [2.24, 2.45) is 5.84 Å². The third-order valence-corrected chi connectivity index (χ3v) is 4.35. The molecule has 0 spiro atoms. The normalized spacial score (nSPS) is 21.2. The van der Waals surface area contributed by atoms with E-state index in [0.29, 0.717) is 12.6 Å². The summed E-state index contributed by atoms with van der Waals surface area (Å²) in [6.45, 7) is 2.91. The number of nitrogens with two attached hydrogens (primary N) is 1. The lowest BCUT2D eigenvalue weighted by Crippen LogP contribution is -2.48. The fraction of sp³-hybridized carbons (Fsp3) is 0.562. The summed E-state index contributed by atoms with van der Waals surface area (Å²) in [5.41, 5.74) is 3.32. The summed E-state index contributed by atoms with van der Waals surface area (Å²) < 4.78 is 0. The summed E-state index contributed by atoms with van der Waals surface area (Å²) in [6, 6.07) is 10.4. The number of carbonyl (C=O) groups excluding carboxylic acids is 1. The van der Waals surface area contributed by atoms with E-state index < -0.39 is 0 Å². The van der Waals surface area contributed by atoms with Gasteiger partial charge in [0.15, 0.2) is 0 Å². The van der Waals surface area contributed by atoms with E-state index >= 15 is 0 Å². The van der Waals surface area contributed by atoms with E-state index in [1.165, 1.54) is 12.8 Å². The summed E-state index contributed by atoms with van der Waals surface area (Å²) in [5.74, 6) is 5.00. The second kappa shape index (κ2) is 7.54. The van der Waals surface area contributed by atoms with Crippen LogP contribution in [0.15, 0.2) is 30.3 Å². The molecular formula is C16H26N4O. The van der Waals surface area contributed by atoms with Gasteiger partial charge in [-0.15, -0.1) is 0 Å². The first-order chi connectivity index (χ1) is 10.1. The third-order valence-electron chi connectivity index (χ3n) is 4.35. The number of likely N-dealkylation sites (N-methyl/N-ethyl adjacent to an activating group) is 2. The molecule has 116 valence electrons. The number of nitrogens with one attached hydrogen (secondary N) is 1. The number of hydrogen-bond donors (Lipinski definition) is 2. The molecule has 0 bridgehead atoms. The van der Waals surface area contributed by atoms with Crippen LogP contribution < -0.4 is 11.3 Å². The highest BCUT2D eigenvalue weighted by molar-refractivity contribution is 5.83. The molecule has 0 aromatic heterocycles. The fourth-order valence-corrected chi connectivity index (χ4v) is 3.06. The van der Waals surface area contributed by atoms with Gasteiger partial charge < -0.3 is 9.80 Å². The Morgan fingerprint density at radius 3 is 2.81 bits per heavy atom. The zero-order chi connectivity index (χ0) is 15.2. The number of amides is 1. The maximum Gasteiger partial charge on any atom is 0.242 e. The minimum atomic E-state index is -0.228. The van der Waals surface area contributed by atoms with Crippen LogP contribution in [0.5, 0.6) is 0 Å². The van der Waals surface area contributed by atoms with Crippen LogP contribution in [0.3, 0.4) is 0 Å². The monoisotopic (exact) mass is 290 g/mol. The number of benzene rings is 1. The highest BCUT2D eigenvalue weighted by atomic mass is 16.2. The molecule has 0 aliphatic carbocycles. The molecule has 1 amide bonds. The highest BCUT2D eigenvalue weighted by Crippen LogP contribution is 2.20. The lowest BCUT2D eigenvalue weighted by molar-refractivity contribution is -0.123. The van der Waals surface area contributed by atoms with Gasteiger partial charge in [-0.25, -0.2) is 5.84 Å². The predicted octanol–water partition coefficient (Wildman–Crippen LogP) is 0.786. The van der Waals surface area contributed by atoms with Gasteiger partial charge in [-0.2, -0.15) is 0 Å². The third kappa shape index (κ3) is 4.27. The molecule has 1 saturated heterocycles. The summed E-state index contributed by atoms with van der Waals surface area (Å²) in [6.07, 6.45) is 2.40. The summed E-state index contributed by atoms with van der Waals surface area (Å²) in [7, 11) is 4.25. The molecule has 3 N–H and O–H groups in total. The van der Waals surface area contributed by atoms with Gasteiger partial charge in [0, 0.05) is 19.1 Å². The maximum atomic E-state index is 12.1. The van der Waals surface area contributed by atoms with Crippen LogP contribution in [0, 0.1) is 0 Å². The van der Waals surface area contributed by atoms with Crippen LogP contribution in [0.1, 0.15) is 24.3 Å². The van der Waals surface area contributed by atoms with Crippen molar-refractivity contribution in [2.75, 3.05) is 33.7 Å². The molecule has 2 unspecified atom stereocenters. The molecule has 1 aromatic carbocycles. The van der Waals surface area contributed by atoms with E-state index in [2.05, 4.69) is 29.3 Å². The quantitative estimate of drug-likeness (QED) is 0.478. The second-order valence-electron chi connectivity index (χ2n) is 5.97. The van der Waals surface area contributed by atoms with Crippen LogP contribution in [-0.4, -0.2) is 55.5 Å². The number of carbonyl (C=O) groups is 1. The van der Waals surface area contributed by atoms with Crippen LogP contribution >= 0.6 is 0 Å². The van der Waals surface area contributed by atoms with Crippen molar-refractivity contribution in [3.63, 3.8) is 0 Å². The van der Waals surface area contributed by atoms with Gasteiger partial charge in [0.2, 0.25) is 5.91 Å². The highest BCUT2D eigenvalue weighted by Gasteiger charge is 2.27. The second-order valence-corrected chi connectivity index (χ2v) is 5.97. The maximum absolute atomic E-state index is 12.1. The number of hydrazine groups is 1. The van der Waals surface area contributed by atoms with Crippen molar-refractivity contribution in [2.45, 2.75) is 24.8 Å². The molecule has 5 heteroatoms. The Kier molecular flexibility index (Phi) is 5.73. The van der Waals surface area contributed by atoms with Crippen molar-refractivity contribution in [3.05, 3.63) is 35.9 Å². The van der Waals surface area contributed by atoms with Crippen LogP contribution in [0.25, 0.3) is 0 Å². The zero-order valence-electron chi connectivity index (χ0n) is 13.0. The summed E-state index contributed by atoms with van der Waals surface area (Å²) >= 11 is 0. The van der Waals surface area contributed by atoms with Gasteiger partial charge in [-0.3, -0.25) is 10.2 Å². The molecule has 5 nitrogen and oxygen atoms in total. The Labute approximate surface area is 127 Å². The molecule has 1 fully saturated rings. The number of piperidine rings is 1. The van der Waals surface area contributed by atoms with E-state index in [4.69, 9.17) is 5.84 Å². The first kappa shape index (κ1) is 15.9. The van der Waals surface area contributed by atoms with Crippen molar-refractivity contribution < 1.29 is 4.79 Å². The Hall–Kier alpha value is -1.43. The SMILES string of the molecule is CN1CCCC(N(C)CC(C(=O)NN)c2ccccc2)C1. The van der Waals surface area contributed by atoms with Crippen molar-refractivity contribution in [1.29, 1.82) is 0 Å². The lowest BCUT2D eigenvalue weighted by Gasteiger charge is -2.37. The van der Waals surface area contributed by atoms with E-state index in [1.54, 1.807) is 0 Å². The minimum absolute atomic E-state index is 0.128. The smallest absolute Gasteiger partial charge is 0.242 e. The predicted molar refractivity (Wildman–Crippen MR) is 84.7 cm³/mol. The number of rotatable bonds is 5. The number of likely N-dealkylation sites (tertiary alicyclic amines) is 1. The standard InChI is InChI=1S/C16H26N4O/c1-19-10-6-9-14(11-19)20(2)12-15(16(21)18-17)13-7-4-3-5-8-13/h3-5,7-8,14-15H,6,9-12,17H2,1-2H3,(H,18,21). The minimum Gasteiger partial charge on any atom is -0.305 e. The number of nitrogens with zero attached hydrogens (tertiary/aromatic N) is 2. The summed E-state index contributed by atoms with van der Waals surface area (Å²) in [5, 5.41) is 0. The van der Waals surface area contributed by atoms with Gasteiger partial charge in [0.1, 0.15) is 0 Å². The van der Waals surface area contributed by atoms with Crippen molar-refractivity contribution in [1.82, 2.24) is 15.2 Å². The van der Waals surface area contributed by atoms with Crippen molar-refractivity contribution in [3.8, 4) is 0 Å². The van der Waals surface area contributed by atoms with Crippen molar-refractivity contribution >= 4 is 5.91 Å². The molecule has 1 aliphatic heterocycles. The topological polar surface area (TPSA) is 61.6 Å². The van der Waals surface area contributed by atoms with E-state index in [-0.39, 0.29) is 11.8 Å². The molecule has 1 aromatic rings. The van der Waals surface area contributed by atoms with Gasteiger partial charge >= 0.3 is 0 Å². The lowest BCUT2D eigenvalue weighted by atomic mass is 9.96. The molecule has 0 radical (unpaired) electrons. The Bertz CT molecular complexity index is 451. The van der Waals surface area contributed by atoms with Crippen LogP contribution in [0.2, 0.25) is 0 Å². The average Bonchev–Trinajstić information content (AvgIpc) is 2.52. The number of hydrogen-bond acceptors (Lipinski definition) is 4. The van der Waals surface area contributed by atoms with Gasteiger partial charge in [-0.05, 0) is 39.0 Å². The molecule has 2 atom stereocenters. The first-order valence-corrected chi connectivity index (χ1v) is 7.56. The van der Waals surface area contributed by atoms with E-state index in [1.807, 2.05) is 30.3 Å². The first-order valence-electron chi connectivity index (χ1n) is 7.56. The Balaban J connectivity index is 2.06. The molecule has 1 heterocycles. The summed E-state index contributed by atoms with van der Waals surface area (Å²) in [4.78, 5) is 16.8. The molecule has 0 saturated carbocycles. The zero-order valence-corrected chi connectivity index (χ0v) is 13.0. The Morgan fingerprint density at radius 1 is 1.48 bits per heavy atom. The van der Waals surface area contributed by atoms with Gasteiger partial charge in [-0.1, -0.05) is 30.3 Å². The van der Waals surface area contributed by atoms with Gasteiger partial charge in [0.25, 0.3) is 0 Å². The average molecular weight is 290 g/mol. The fourth-order valence-electron chi connectivity index (χ4n) is 3.06. The molecule has 2 rings (SSSR count). The van der Waals surface area contributed by atoms with Crippen LogP contribution in [-0.2, 0) is 4.79 Å². The van der Waals surface area contributed by atoms with Gasteiger partial charge in [0.05, 0.1) is 5.92 Å². The molecular weight excluding hydrogens is 264 g/mol. The molecule has 1 aliphatic rings. The molecule has 21 heavy (non-hydrogen) atoms. The Morgan fingerprint density at radius 2 is 2.19 bits per heavy atom.